The summed E-state index contributed by atoms with van der Waals surface area (Å²) < 4.78 is 0. The fourth-order valence-corrected chi connectivity index (χ4v) is 2.11. The van der Waals surface area contributed by atoms with Gasteiger partial charge in [-0.1, -0.05) is 31.5 Å². The molecule has 5 nitrogen and oxygen atoms in total. The second-order valence-electron chi connectivity index (χ2n) is 4.61. The zero-order chi connectivity index (χ0) is 14.4. The standard InChI is InChI=1S/C13H16ClN3O2/c1-10(2)9-16(8-4-7-15)12-6-3-5-11(14)13(12)17(18)19/h3,5-6,10H,4,8-9H2,1-2H3. The number of rotatable bonds is 6. The van der Waals surface area contributed by atoms with Crippen LogP contribution in [-0.2, 0) is 0 Å². The van der Waals surface area contributed by atoms with Gasteiger partial charge in [0.2, 0.25) is 0 Å². The Bertz CT molecular complexity index is 497. The third-order valence-corrected chi connectivity index (χ3v) is 2.87. The van der Waals surface area contributed by atoms with Gasteiger partial charge in [-0.3, -0.25) is 10.1 Å². The van der Waals surface area contributed by atoms with Crippen LogP contribution in [0.3, 0.4) is 0 Å². The van der Waals surface area contributed by atoms with E-state index < -0.39 is 4.92 Å². The Hall–Kier alpha value is -1.80. The minimum absolute atomic E-state index is 0.0947. The largest absolute Gasteiger partial charge is 0.365 e. The number of nitro benzene ring substituents is 1. The number of hydrogen-bond donors (Lipinski definition) is 0. The van der Waals surface area contributed by atoms with Gasteiger partial charge >= 0.3 is 5.69 Å². The first kappa shape index (κ1) is 15.3. The minimum Gasteiger partial charge on any atom is -0.365 e. The maximum absolute atomic E-state index is 11.1. The van der Waals surface area contributed by atoms with Crippen molar-refractivity contribution in [2.24, 2.45) is 5.92 Å². The Morgan fingerprint density at radius 1 is 1.53 bits per heavy atom. The van der Waals surface area contributed by atoms with E-state index in [0.717, 1.165) is 0 Å². The molecule has 0 aliphatic carbocycles. The van der Waals surface area contributed by atoms with Crippen LogP contribution >= 0.6 is 11.6 Å². The van der Waals surface area contributed by atoms with Crippen LogP contribution < -0.4 is 4.90 Å². The van der Waals surface area contributed by atoms with Crippen molar-refractivity contribution in [3.05, 3.63) is 33.3 Å². The number of para-hydroxylation sites is 1. The predicted molar refractivity (Wildman–Crippen MR) is 75.4 cm³/mol. The number of benzene rings is 1. The van der Waals surface area contributed by atoms with E-state index in [1.54, 1.807) is 12.1 Å². The van der Waals surface area contributed by atoms with E-state index in [4.69, 9.17) is 16.9 Å². The first-order chi connectivity index (χ1) is 8.97. The second-order valence-corrected chi connectivity index (χ2v) is 5.02. The van der Waals surface area contributed by atoms with Crippen molar-refractivity contribution in [2.45, 2.75) is 20.3 Å². The topological polar surface area (TPSA) is 70.2 Å². The Labute approximate surface area is 117 Å². The monoisotopic (exact) mass is 281 g/mol. The van der Waals surface area contributed by atoms with Gasteiger partial charge in [0.25, 0.3) is 0 Å². The molecule has 0 atom stereocenters. The molecule has 0 fully saturated rings. The highest BCUT2D eigenvalue weighted by molar-refractivity contribution is 6.33. The fourth-order valence-electron chi connectivity index (χ4n) is 1.88. The van der Waals surface area contributed by atoms with Crippen LogP contribution in [0.2, 0.25) is 5.02 Å². The average molecular weight is 282 g/mol. The van der Waals surface area contributed by atoms with Gasteiger partial charge < -0.3 is 4.90 Å². The number of hydrogen-bond acceptors (Lipinski definition) is 4. The summed E-state index contributed by atoms with van der Waals surface area (Å²) in [6.07, 6.45) is 0.316. The first-order valence-corrected chi connectivity index (χ1v) is 6.40. The molecule has 1 rings (SSSR count). The lowest BCUT2D eigenvalue weighted by atomic mass is 10.1. The molecule has 1 aromatic carbocycles. The lowest BCUT2D eigenvalue weighted by Crippen LogP contribution is -2.29. The normalized spacial score (nSPS) is 10.3. The summed E-state index contributed by atoms with van der Waals surface area (Å²) >= 11 is 5.91. The molecular weight excluding hydrogens is 266 g/mol. The fraction of sp³-hybridized carbons (Fsp3) is 0.462. The Kier molecular flexibility index (Phi) is 5.58. The van der Waals surface area contributed by atoms with Gasteiger partial charge in [0.05, 0.1) is 17.4 Å². The highest BCUT2D eigenvalue weighted by Crippen LogP contribution is 2.35. The molecule has 102 valence electrons. The van der Waals surface area contributed by atoms with Crippen LogP contribution in [0.1, 0.15) is 20.3 Å². The Morgan fingerprint density at radius 2 is 2.21 bits per heavy atom. The van der Waals surface area contributed by atoms with Gasteiger partial charge in [0, 0.05) is 13.1 Å². The molecule has 0 radical (unpaired) electrons. The molecule has 1 aromatic rings. The van der Waals surface area contributed by atoms with E-state index in [1.807, 2.05) is 18.7 Å². The van der Waals surface area contributed by atoms with E-state index in [-0.39, 0.29) is 10.7 Å². The van der Waals surface area contributed by atoms with E-state index in [9.17, 15) is 10.1 Å². The van der Waals surface area contributed by atoms with Crippen LogP contribution in [0, 0.1) is 27.4 Å². The molecule has 0 aliphatic heterocycles. The maximum atomic E-state index is 11.1. The number of anilines is 1. The van der Waals surface area contributed by atoms with E-state index in [0.29, 0.717) is 31.1 Å². The molecule has 0 amide bonds. The number of nitrogens with zero attached hydrogens (tertiary/aromatic N) is 3. The van der Waals surface area contributed by atoms with Gasteiger partial charge in [-0.25, -0.2) is 0 Å². The van der Waals surface area contributed by atoms with Crippen molar-refractivity contribution in [3.63, 3.8) is 0 Å². The van der Waals surface area contributed by atoms with Crippen LogP contribution in [0.4, 0.5) is 11.4 Å². The Morgan fingerprint density at radius 3 is 2.74 bits per heavy atom. The summed E-state index contributed by atoms with van der Waals surface area (Å²) in [5.74, 6) is 0.331. The molecule has 0 saturated heterocycles. The third-order valence-electron chi connectivity index (χ3n) is 2.57. The van der Waals surface area contributed by atoms with Gasteiger partial charge in [0.15, 0.2) is 0 Å². The van der Waals surface area contributed by atoms with Gasteiger partial charge in [-0.2, -0.15) is 5.26 Å². The molecule has 0 aliphatic rings. The van der Waals surface area contributed by atoms with Crippen LogP contribution in [-0.4, -0.2) is 18.0 Å². The Balaban J connectivity index is 3.17. The molecule has 0 bridgehead atoms. The van der Waals surface area contributed by atoms with Gasteiger partial charge in [-0.15, -0.1) is 0 Å². The summed E-state index contributed by atoms with van der Waals surface area (Å²) in [6.45, 7) is 5.14. The summed E-state index contributed by atoms with van der Waals surface area (Å²) in [4.78, 5) is 12.5. The quantitative estimate of drug-likeness (QED) is 0.590. The zero-order valence-corrected chi connectivity index (χ0v) is 11.7. The lowest BCUT2D eigenvalue weighted by molar-refractivity contribution is -0.384. The van der Waals surface area contributed by atoms with Crippen molar-refractivity contribution in [3.8, 4) is 6.07 Å². The maximum Gasteiger partial charge on any atom is 0.310 e. The highest BCUT2D eigenvalue weighted by atomic mass is 35.5. The molecule has 6 heteroatoms. The molecular formula is C13H16ClN3O2. The van der Waals surface area contributed by atoms with Crippen LogP contribution in [0.5, 0.6) is 0 Å². The van der Waals surface area contributed by atoms with E-state index >= 15 is 0 Å². The summed E-state index contributed by atoms with van der Waals surface area (Å²) in [5.41, 5.74) is 0.379. The molecule has 19 heavy (non-hydrogen) atoms. The summed E-state index contributed by atoms with van der Waals surface area (Å²) in [7, 11) is 0. The minimum atomic E-state index is -0.475. The molecule has 0 aromatic heterocycles. The van der Waals surface area contributed by atoms with Gasteiger partial charge in [-0.05, 0) is 18.1 Å². The molecule has 0 N–H and O–H groups in total. The molecule has 0 saturated carbocycles. The number of nitro groups is 1. The van der Waals surface area contributed by atoms with Gasteiger partial charge in [0.1, 0.15) is 10.7 Å². The van der Waals surface area contributed by atoms with Crippen molar-refractivity contribution >= 4 is 23.0 Å². The average Bonchev–Trinajstić information content (AvgIpc) is 2.33. The zero-order valence-electron chi connectivity index (χ0n) is 11.0. The lowest BCUT2D eigenvalue weighted by Gasteiger charge is -2.25. The molecule has 0 spiro atoms. The predicted octanol–water partition coefficient (Wildman–Crippen LogP) is 3.62. The third kappa shape index (κ3) is 4.11. The first-order valence-electron chi connectivity index (χ1n) is 6.02. The SMILES string of the molecule is CC(C)CN(CCC#N)c1cccc(Cl)c1[N+](=O)[O-]. The number of halogens is 1. The van der Waals surface area contributed by atoms with E-state index in [1.165, 1.54) is 6.07 Å². The summed E-state index contributed by atoms with van der Waals surface area (Å²) in [5, 5.41) is 19.9. The van der Waals surface area contributed by atoms with E-state index in [2.05, 4.69) is 6.07 Å². The summed E-state index contributed by atoms with van der Waals surface area (Å²) in [6, 6.07) is 6.92. The second kappa shape index (κ2) is 6.95. The van der Waals surface area contributed by atoms with Crippen LogP contribution in [0.25, 0.3) is 0 Å². The van der Waals surface area contributed by atoms with Crippen LogP contribution in [0.15, 0.2) is 18.2 Å². The molecule has 0 heterocycles. The highest BCUT2D eigenvalue weighted by Gasteiger charge is 2.23. The van der Waals surface area contributed by atoms with Crippen molar-refractivity contribution in [1.82, 2.24) is 0 Å². The van der Waals surface area contributed by atoms with Crippen molar-refractivity contribution in [2.75, 3.05) is 18.0 Å². The van der Waals surface area contributed by atoms with Crippen molar-refractivity contribution in [1.29, 1.82) is 5.26 Å². The van der Waals surface area contributed by atoms with Crippen molar-refractivity contribution < 1.29 is 4.92 Å². The smallest absolute Gasteiger partial charge is 0.310 e. The molecule has 0 unspecified atom stereocenters. The number of nitriles is 1.